The van der Waals surface area contributed by atoms with Crippen molar-refractivity contribution in [2.75, 3.05) is 18.9 Å². The zero-order valence-corrected chi connectivity index (χ0v) is 15.4. The Morgan fingerprint density at radius 1 is 1.32 bits per heavy atom. The quantitative estimate of drug-likeness (QED) is 0.741. The molecule has 0 radical (unpaired) electrons. The summed E-state index contributed by atoms with van der Waals surface area (Å²) in [5, 5.41) is 1.83. The fourth-order valence-corrected chi connectivity index (χ4v) is 3.28. The normalized spacial score (nSPS) is 21.6. The molecule has 1 aromatic rings. The molecule has 0 aromatic heterocycles. The van der Waals surface area contributed by atoms with Gasteiger partial charge in [-0.25, -0.2) is 0 Å². The summed E-state index contributed by atoms with van der Waals surface area (Å²) >= 11 is 17.4. The zero-order chi connectivity index (χ0) is 19.2. The van der Waals surface area contributed by atoms with E-state index in [2.05, 4.69) is 5.32 Å². The molecule has 25 heavy (non-hydrogen) atoms. The van der Waals surface area contributed by atoms with Crippen molar-refractivity contribution in [2.45, 2.75) is 23.9 Å². The highest BCUT2D eigenvalue weighted by molar-refractivity contribution is 6.53. The van der Waals surface area contributed by atoms with E-state index in [1.54, 1.807) is 6.92 Å². The highest BCUT2D eigenvalue weighted by Crippen LogP contribution is 2.64. The van der Waals surface area contributed by atoms with Crippen LogP contribution in [-0.2, 0) is 15.8 Å². The van der Waals surface area contributed by atoms with Crippen molar-refractivity contribution in [1.82, 2.24) is 4.90 Å². The van der Waals surface area contributed by atoms with Gasteiger partial charge in [-0.15, -0.1) is 23.2 Å². The zero-order valence-electron chi connectivity index (χ0n) is 13.2. The standard InChI is InChI=1S/C15H14Cl3F3N2O2/c1-13(7-14(13,17)18)12(25)23(2)6-11(24)22-8-3-4-10(16)9(5-8)15(19,20)21/h3-5H,6-7H2,1-2H3,(H,22,24)/t13-/m1/s1. The molecule has 1 atom stereocenters. The summed E-state index contributed by atoms with van der Waals surface area (Å²) in [5.74, 6) is -1.08. The van der Waals surface area contributed by atoms with Gasteiger partial charge in [0.25, 0.3) is 0 Å². The first-order valence-corrected chi connectivity index (χ1v) is 8.21. The van der Waals surface area contributed by atoms with Gasteiger partial charge in [-0.05, 0) is 31.5 Å². The number of likely N-dealkylation sites (N-methyl/N-ethyl adjacent to an activating group) is 1. The lowest BCUT2D eigenvalue weighted by Gasteiger charge is -2.22. The lowest BCUT2D eigenvalue weighted by molar-refractivity contribution is -0.137. The predicted octanol–water partition coefficient (Wildman–Crippen LogP) is 4.34. The molecule has 0 aliphatic heterocycles. The monoisotopic (exact) mass is 416 g/mol. The first-order valence-electron chi connectivity index (χ1n) is 7.08. The van der Waals surface area contributed by atoms with Gasteiger partial charge in [0, 0.05) is 12.7 Å². The van der Waals surface area contributed by atoms with E-state index in [0.717, 1.165) is 17.0 Å². The van der Waals surface area contributed by atoms with E-state index in [-0.39, 0.29) is 18.7 Å². The van der Waals surface area contributed by atoms with Crippen LogP contribution in [-0.4, -0.2) is 34.6 Å². The van der Waals surface area contributed by atoms with Crippen LogP contribution >= 0.6 is 34.8 Å². The maximum atomic E-state index is 12.8. The Kier molecular flexibility index (Phi) is 5.25. The third-order valence-electron chi connectivity index (χ3n) is 4.01. The van der Waals surface area contributed by atoms with Gasteiger partial charge in [-0.2, -0.15) is 13.2 Å². The minimum absolute atomic E-state index is 0.0794. The van der Waals surface area contributed by atoms with Crippen LogP contribution in [0.25, 0.3) is 0 Å². The van der Waals surface area contributed by atoms with Gasteiger partial charge in [0.1, 0.15) is 4.33 Å². The fourth-order valence-electron chi connectivity index (χ4n) is 2.36. The average Bonchev–Trinajstić information content (AvgIpc) is 2.98. The Bertz CT molecular complexity index is 724. The Morgan fingerprint density at radius 2 is 1.88 bits per heavy atom. The van der Waals surface area contributed by atoms with Crippen LogP contribution in [0.1, 0.15) is 18.9 Å². The van der Waals surface area contributed by atoms with E-state index in [9.17, 15) is 22.8 Å². The Morgan fingerprint density at radius 3 is 2.36 bits per heavy atom. The molecule has 0 unspecified atom stereocenters. The Balaban J connectivity index is 2.02. The number of hydrogen-bond acceptors (Lipinski definition) is 2. The second kappa shape index (κ2) is 6.52. The third-order valence-corrected chi connectivity index (χ3v) is 5.44. The van der Waals surface area contributed by atoms with Gasteiger partial charge in [-0.3, -0.25) is 9.59 Å². The van der Waals surface area contributed by atoms with Crippen LogP contribution in [0.15, 0.2) is 18.2 Å². The summed E-state index contributed by atoms with van der Waals surface area (Å²) < 4.78 is 37.3. The van der Waals surface area contributed by atoms with Crippen molar-refractivity contribution in [3.05, 3.63) is 28.8 Å². The fraction of sp³-hybridized carbons (Fsp3) is 0.467. The second-order valence-corrected chi connectivity index (χ2v) is 8.01. The van der Waals surface area contributed by atoms with Crippen molar-refractivity contribution in [3.8, 4) is 0 Å². The van der Waals surface area contributed by atoms with Crippen molar-refractivity contribution in [2.24, 2.45) is 5.41 Å². The molecule has 0 spiro atoms. The van der Waals surface area contributed by atoms with Crippen LogP contribution < -0.4 is 5.32 Å². The first-order chi connectivity index (χ1) is 11.3. The van der Waals surface area contributed by atoms with Crippen LogP contribution in [0.2, 0.25) is 5.02 Å². The van der Waals surface area contributed by atoms with Gasteiger partial charge < -0.3 is 10.2 Å². The number of benzene rings is 1. The molecule has 0 saturated heterocycles. The number of carbonyl (C=O) groups is 2. The van der Waals surface area contributed by atoms with Crippen LogP contribution in [0, 0.1) is 5.41 Å². The van der Waals surface area contributed by atoms with Gasteiger partial charge in [0.05, 0.1) is 22.5 Å². The minimum Gasteiger partial charge on any atom is -0.336 e. The van der Waals surface area contributed by atoms with E-state index in [0.29, 0.717) is 0 Å². The van der Waals surface area contributed by atoms with Crippen LogP contribution in [0.5, 0.6) is 0 Å². The summed E-state index contributed by atoms with van der Waals surface area (Å²) in [4.78, 5) is 25.4. The molecule has 1 aromatic carbocycles. The van der Waals surface area contributed by atoms with Crippen LogP contribution in [0.4, 0.5) is 18.9 Å². The minimum atomic E-state index is -4.64. The molecule has 138 valence electrons. The smallest absolute Gasteiger partial charge is 0.336 e. The van der Waals surface area contributed by atoms with Gasteiger partial charge in [-0.1, -0.05) is 11.6 Å². The maximum absolute atomic E-state index is 12.8. The molecule has 4 nitrogen and oxygen atoms in total. The lowest BCUT2D eigenvalue weighted by Crippen LogP contribution is -2.40. The van der Waals surface area contributed by atoms with Gasteiger partial charge in [0.2, 0.25) is 11.8 Å². The molecule has 1 saturated carbocycles. The summed E-state index contributed by atoms with van der Waals surface area (Å²) in [6.07, 6.45) is -4.38. The van der Waals surface area contributed by atoms with Crippen molar-refractivity contribution in [1.29, 1.82) is 0 Å². The summed E-state index contributed by atoms with van der Waals surface area (Å²) in [6, 6.07) is 3.00. The number of alkyl halides is 5. The number of nitrogens with one attached hydrogen (secondary N) is 1. The van der Waals surface area contributed by atoms with Crippen molar-refractivity contribution < 1.29 is 22.8 Å². The van der Waals surface area contributed by atoms with E-state index in [1.165, 1.54) is 13.1 Å². The Labute approximate surface area is 157 Å². The molecular formula is C15H14Cl3F3N2O2. The highest BCUT2D eigenvalue weighted by atomic mass is 35.5. The molecule has 1 fully saturated rings. The first kappa shape index (κ1) is 20.1. The van der Waals surface area contributed by atoms with Crippen molar-refractivity contribution in [3.63, 3.8) is 0 Å². The number of amides is 2. The molecule has 0 bridgehead atoms. The van der Waals surface area contributed by atoms with Gasteiger partial charge >= 0.3 is 6.18 Å². The largest absolute Gasteiger partial charge is 0.417 e. The van der Waals surface area contributed by atoms with E-state index in [1.807, 2.05) is 0 Å². The number of rotatable bonds is 4. The lowest BCUT2D eigenvalue weighted by atomic mass is 10.1. The Hall–Kier alpha value is -1.18. The molecular weight excluding hydrogens is 404 g/mol. The van der Waals surface area contributed by atoms with Crippen LogP contribution in [0.3, 0.4) is 0 Å². The van der Waals surface area contributed by atoms with Gasteiger partial charge in [0.15, 0.2) is 0 Å². The van der Waals surface area contributed by atoms with Crippen molar-refractivity contribution >= 4 is 52.3 Å². The van der Waals surface area contributed by atoms with E-state index in [4.69, 9.17) is 34.8 Å². The third kappa shape index (κ3) is 4.15. The average molecular weight is 418 g/mol. The molecule has 1 aliphatic rings. The molecule has 0 heterocycles. The number of nitrogens with zero attached hydrogens (tertiary/aromatic N) is 1. The second-order valence-electron chi connectivity index (χ2n) is 6.12. The number of hydrogen-bond donors (Lipinski definition) is 1. The highest BCUT2D eigenvalue weighted by Gasteiger charge is 2.68. The SMILES string of the molecule is CN(CC(=O)Nc1ccc(Cl)c(C(F)(F)F)c1)C(=O)[C@@]1(C)CC1(Cl)Cl. The number of carbonyl (C=O) groups excluding carboxylic acids is 2. The number of anilines is 1. The molecule has 1 aliphatic carbocycles. The topological polar surface area (TPSA) is 49.4 Å². The predicted molar refractivity (Wildman–Crippen MR) is 89.9 cm³/mol. The number of halogens is 6. The maximum Gasteiger partial charge on any atom is 0.417 e. The van der Waals surface area contributed by atoms with E-state index >= 15 is 0 Å². The summed E-state index contributed by atoms with van der Waals surface area (Å²) in [6.45, 7) is 1.22. The summed E-state index contributed by atoms with van der Waals surface area (Å²) in [7, 11) is 1.39. The molecule has 2 rings (SSSR count). The molecule has 1 N–H and O–H groups in total. The van der Waals surface area contributed by atoms with E-state index < -0.39 is 38.3 Å². The molecule has 2 amide bonds. The summed E-state index contributed by atoms with van der Waals surface area (Å²) in [5.41, 5.74) is -2.12. The molecule has 10 heteroatoms.